The summed E-state index contributed by atoms with van der Waals surface area (Å²) < 4.78 is 0. The number of aliphatic hydroxyl groups excluding tert-OH is 1. The molecule has 0 bridgehead atoms. The van der Waals surface area contributed by atoms with Crippen molar-refractivity contribution < 1.29 is 9.90 Å². The Balaban J connectivity index is 2.02. The molecule has 0 amide bonds. The molecule has 0 saturated carbocycles. The minimum atomic E-state index is 0.0485. The van der Waals surface area contributed by atoms with E-state index < -0.39 is 0 Å². The van der Waals surface area contributed by atoms with E-state index in [0.29, 0.717) is 0 Å². The molecule has 2 rings (SSSR count). The Labute approximate surface area is 98.8 Å². The van der Waals surface area contributed by atoms with Crippen molar-refractivity contribution in [1.29, 1.82) is 0 Å². The van der Waals surface area contributed by atoms with Gasteiger partial charge in [0, 0.05) is 12.0 Å². The first kappa shape index (κ1) is 11.4. The molecule has 3 nitrogen and oxygen atoms in total. The Bertz CT molecular complexity index is 378. The van der Waals surface area contributed by atoms with E-state index in [4.69, 9.17) is 0 Å². The molecule has 0 unspecified atom stereocenters. The van der Waals surface area contributed by atoms with Crippen molar-refractivity contribution in [2.75, 3.05) is 13.1 Å². The van der Waals surface area contributed by atoms with Gasteiger partial charge >= 0.3 is 0 Å². The third kappa shape index (κ3) is 2.71. The SMILES string of the molecule is O=C(/C=C(\O)c1cccs1)C1CCNCC1. The van der Waals surface area contributed by atoms with Crippen LogP contribution in [0, 0.1) is 5.92 Å². The molecule has 16 heavy (non-hydrogen) atoms. The molecule has 0 aliphatic carbocycles. The summed E-state index contributed by atoms with van der Waals surface area (Å²) in [6.07, 6.45) is 3.11. The van der Waals surface area contributed by atoms with Crippen molar-refractivity contribution in [3.63, 3.8) is 0 Å². The molecule has 0 spiro atoms. The summed E-state index contributed by atoms with van der Waals surface area (Å²) in [7, 11) is 0. The minimum absolute atomic E-state index is 0.0485. The highest BCUT2D eigenvalue weighted by Gasteiger charge is 2.19. The largest absolute Gasteiger partial charge is 0.506 e. The van der Waals surface area contributed by atoms with Crippen LogP contribution in [0.5, 0.6) is 0 Å². The molecule has 1 aromatic rings. The smallest absolute Gasteiger partial charge is 0.162 e. The molecule has 4 heteroatoms. The molecule has 1 aliphatic heterocycles. The van der Waals surface area contributed by atoms with Crippen LogP contribution in [0.25, 0.3) is 5.76 Å². The molecule has 0 radical (unpaired) electrons. The highest BCUT2D eigenvalue weighted by Crippen LogP contribution is 2.20. The number of ketones is 1. The topological polar surface area (TPSA) is 49.3 Å². The van der Waals surface area contributed by atoms with Gasteiger partial charge in [-0.1, -0.05) is 6.07 Å². The highest BCUT2D eigenvalue weighted by molar-refractivity contribution is 7.11. The summed E-state index contributed by atoms with van der Waals surface area (Å²) in [6, 6.07) is 3.67. The molecular formula is C12H15NO2S. The van der Waals surface area contributed by atoms with Crippen LogP contribution in [0.1, 0.15) is 17.7 Å². The summed E-state index contributed by atoms with van der Waals surface area (Å²) in [5.74, 6) is 0.217. The first-order chi connectivity index (χ1) is 7.77. The van der Waals surface area contributed by atoms with Crippen LogP contribution in [-0.2, 0) is 4.79 Å². The van der Waals surface area contributed by atoms with Crippen LogP contribution in [0.4, 0.5) is 0 Å². The average Bonchev–Trinajstić information content (AvgIpc) is 2.83. The van der Waals surface area contributed by atoms with Gasteiger partial charge in [-0.25, -0.2) is 0 Å². The van der Waals surface area contributed by atoms with E-state index in [1.807, 2.05) is 17.5 Å². The molecule has 2 N–H and O–H groups in total. The molecule has 1 saturated heterocycles. The van der Waals surface area contributed by atoms with Gasteiger partial charge in [-0.05, 0) is 37.4 Å². The highest BCUT2D eigenvalue weighted by atomic mass is 32.1. The van der Waals surface area contributed by atoms with E-state index in [0.717, 1.165) is 30.8 Å². The van der Waals surface area contributed by atoms with Gasteiger partial charge in [-0.15, -0.1) is 11.3 Å². The Morgan fingerprint density at radius 2 is 2.25 bits per heavy atom. The summed E-state index contributed by atoms with van der Waals surface area (Å²) >= 11 is 1.44. The van der Waals surface area contributed by atoms with Crippen LogP contribution in [-0.4, -0.2) is 24.0 Å². The number of allylic oxidation sites excluding steroid dienone is 1. The fourth-order valence-electron chi connectivity index (χ4n) is 1.85. The molecule has 1 fully saturated rings. The zero-order valence-corrected chi connectivity index (χ0v) is 9.80. The van der Waals surface area contributed by atoms with Crippen molar-refractivity contribution >= 4 is 22.9 Å². The van der Waals surface area contributed by atoms with Crippen molar-refractivity contribution in [1.82, 2.24) is 5.32 Å². The van der Waals surface area contributed by atoms with Crippen molar-refractivity contribution in [2.45, 2.75) is 12.8 Å². The predicted molar refractivity (Wildman–Crippen MR) is 65.5 cm³/mol. The van der Waals surface area contributed by atoms with Crippen LogP contribution in [0.3, 0.4) is 0 Å². The third-order valence-electron chi connectivity index (χ3n) is 2.79. The second-order valence-corrected chi connectivity index (χ2v) is 4.88. The van der Waals surface area contributed by atoms with Gasteiger partial charge in [0.25, 0.3) is 0 Å². The molecule has 86 valence electrons. The summed E-state index contributed by atoms with van der Waals surface area (Å²) in [4.78, 5) is 12.6. The summed E-state index contributed by atoms with van der Waals surface area (Å²) in [6.45, 7) is 1.79. The first-order valence-corrected chi connectivity index (χ1v) is 6.34. The third-order valence-corrected chi connectivity index (χ3v) is 3.69. The maximum Gasteiger partial charge on any atom is 0.162 e. The lowest BCUT2D eigenvalue weighted by atomic mass is 9.93. The van der Waals surface area contributed by atoms with Gasteiger partial charge in [0.05, 0.1) is 4.88 Å². The lowest BCUT2D eigenvalue weighted by Crippen LogP contribution is -2.31. The van der Waals surface area contributed by atoms with Gasteiger partial charge in [-0.2, -0.15) is 0 Å². The summed E-state index contributed by atoms with van der Waals surface area (Å²) in [5.41, 5.74) is 0. The minimum Gasteiger partial charge on any atom is -0.506 e. The summed E-state index contributed by atoms with van der Waals surface area (Å²) in [5, 5.41) is 14.8. The van der Waals surface area contributed by atoms with Gasteiger partial charge in [0.2, 0.25) is 0 Å². The second kappa shape index (κ2) is 5.27. The van der Waals surface area contributed by atoms with Crippen molar-refractivity contribution in [3.8, 4) is 0 Å². The normalized spacial score (nSPS) is 18.6. The molecular weight excluding hydrogens is 222 g/mol. The van der Waals surface area contributed by atoms with E-state index in [1.165, 1.54) is 17.4 Å². The number of aliphatic hydroxyl groups is 1. The molecule has 0 atom stereocenters. The Morgan fingerprint density at radius 3 is 2.88 bits per heavy atom. The fourth-order valence-corrected chi connectivity index (χ4v) is 2.50. The number of rotatable bonds is 3. The second-order valence-electron chi connectivity index (χ2n) is 3.93. The lowest BCUT2D eigenvalue weighted by Gasteiger charge is -2.19. The first-order valence-electron chi connectivity index (χ1n) is 5.46. The van der Waals surface area contributed by atoms with Gasteiger partial charge in [-0.3, -0.25) is 4.79 Å². The van der Waals surface area contributed by atoms with E-state index >= 15 is 0 Å². The maximum atomic E-state index is 11.8. The Hall–Kier alpha value is -1.13. The number of nitrogens with one attached hydrogen (secondary N) is 1. The van der Waals surface area contributed by atoms with Crippen LogP contribution < -0.4 is 5.32 Å². The van der Waals surface area contributed by atoms with Crippen LogP contribution >= 0.6 is 11.3 Å². The predicted octanol–water partition coefficient (Wildman–Crippen LogP) is 2.22. The monoisotopic (exact) mass is 237 g/mol. The van der Waals surface area contributed by atoms with Crippen molar-refractivity contribution in [2.24, 2.45) is 5.92 Å². The quantitative estimate of drug-likeness (QED) is 0.626. The number of carbonyl (C=O) groups excluding carboxylic acids is 1. The molecule has 2 heterocycles. The van der Waals surface area contributed by atoms with E-state index in [1.54, 1.807) is 0 Å². The Morgan fingerprint density at radius 1 is 1.50 bits per heavy atom. The maximum absolute atomic E-state index is 11.8. The van der Waals surface area contributed by atoms with E-state index in [-0.39, 0.29) is 17.5 Å². The molecule has 1 aliphatic rings. The van der Waals surface area contributed by atoms with Crippen LogP contribution in [0.2, 0.25) is 0 Å². The van der Waals surface area contributed by atoms with E-state index in [9.17, 15) is 9.90 Å². The number of carbonyl (C=O) groups is 1. The van der Waals surface area contributed by atoms with Gasteiger partial charge in [0.15, 0.2) is 5.78 Å². The lowest BCUT2D eigenvalue weighted by molar-refractivity contribution is -0.118. The van der Waals surface area contributed by atoms with Crippen LogP contribution in [0.15, 0.2) is 23.6 Å². The number of hydrogen-bond acceptors (Lipinski definition) is 4. The number of piperidine rings is 1. The van der Waals surface area contributed by atoms with Gasteiger partial charge in [0.1, 0.15) is 5.76 Å². The zero-order chi connectivity index (χ0) is 11.4. The molecule has 0 aromatic carbocycles. The fraction of sp³-hybridized carbons (Fsp3) is 0.417. The molecule has 1 aromatic heterocycles. The zero-order valence-electron chi connectivity index (χ0n) is 8.98. The number of hydrogen-bond donors (Lipinski definition) is 2. The number of thiophene rings is 1. The standard InChI is InChI=1S/C12H15NO2S/c14-10(9-3-5-13-6-4-9)8-11(15)12-2-1-7-16-12/h1-2,7-9,13,15H,3-6H2/b11-8-. The average molecular weight is 237 g/mol. The van der Waals surface area contributed by atoms with E-state index in [2.05, 4.69) is 5.32 Å². The van der Waals surface area contributed by atoms with Gasteiger partial charge < -0.3 is 10.4 Å². The Kier molecular flexibility index (Phi) is 3.74. The van der Waals surface area contributed by atoms with Crippen molar-refractivity contribution in [3.05, 3.63) is 28.5 Å².